The number of nitrogens with one attached hydrogen (secondary N) is 2. The zero-order valence-corrected chi connectivity index (χ0v) is 19.0. The number of benzene rings is 1. The Bertz CT molecular complexity index is 969. The van der Waals surface area contributed by atoms with Crippen molar-refractivity contribution in [3.05, 3.63) is 35.1 Å². The zero-order chi connectivity index (χ0) is 25.0. The number of amides is 3. The number of methoxy groups -OCH3 is 1. The molecule has 2 fully saturated rings. The van der Waals surface area contributed by atoms with Gasteiger partial charge in [-0.2, -0.15) is 0 Å². The van der Waals surface area contributed by atoms with Crippen LogP contribution in [0.1, 0.15) is 51.0 Å². The van der Waals surface area contributed by atoms with Gasteiger partial charge in [0.05, 0.1) is 7.11 Å². The van der Waals surface area contributed by atoms with Crippen molar-refractivity contribution in [2.24, 2.45) is 5.92 Å². The summed E-state index contributed by atoms with van der Waals surface area (Å²) < 4.78 is 45.8. The number of rotatable bonds is 10. The first-order valence-electron chi connectivity index (χ1n) is 11.2. The van der Waals surface area contributed by atoms with Gasteiger partial charge in [-0.05, 0) is 31.7 Å². The van der Waals surface area contributed by atoms with Gasteiger partial charge in [0.25, 0.3) is 0 Å². The van der Waals surface area contributed by atoms with Crippen LogP contribution >= 0.6 is 0 Å². The number of ether oxygens (including phenoxy) is 1. The number of hydrogen-bond acceptors (Lipinski definition) is 5. The highest BCUT2D eigenvalue weighted by molar-refractivity contribution is 5.91. The van der Waals surface area contributed by atoms with Crippen LogP contribution in [0.2, 0.25) is 0 Å². The molecule has 3 amide bonds. The van der Waals surface area contributed by atoms with Crippen LogP contribution in [-0.2, 0) is 30.5 Å². The number of hydrogen-bond donors (Lipinski definition) is 2. The molecule has 0 aromatic heterocycles. The summed E-state index contributed by atoms with van der Waals surface area (Å²) in [5.41, 5.74) is -0.319. The summed E-state index contributed by atoms with van der Waals surface area (Å²) in [5.74, 6) is -5.27. The SMILES string of the molecule is COC(=O)[C@H](C)NC(=O)[C@H](CC1CC1)NC(=O)C[C@@H]1CCC(=O)N1Cc1cc(F)cc(F)c1F. The molecule has 1 heterocycles. The van der Waals surface area contributed by atoms with Crippen LogP contribution in [0.15, 0.2) is 12.1 Å². The van der Waals surface area contributed by atoms with Crippen LogP contribution in [0.25, 0.3) is 0 Å². The molecule has 8 nitrogen and oxygen atoms in total. The van der Waals surface area contributed by atoms with Crippen LogP contribution in [0.3, 0.4) is 0 Å². The average molecular weight is 483 g/mol. The number of nitrogens with zero attached hydrogens (tertiary/aromatic N) is 1. The van der Waals surface area contributed by atoms with Crippen molar-refractivity contribution in [2.75, 3.05) is 7.11 Å². The van der Waals surface area contributed by atoms with Crippen LogP contribution < -0.4 is 10.6 Å². The first-order chi connectivity index (χ1) is 16.1. The molecule has 0 bridgehead atoms. The third-order valence-corrected chi connectivity index (χ3v) is 6.11. The van der Waals surface area contributed by atoms with E-state index in [1.165, 1.54) is 18.9 Å². The summed E-state index contributed by atoms with van der Waals surface area (Å²) in [5, 5.41) is 5.19. The van der Waals surface area contributed by atoms with E-state index in [2.05, 4.69) is 15.4 Å². The number of carbonyl (C=O) groups is 4. The Morgan fingerprint density at radius 2 is 1.85 bits per heavy atom. The Labute approximate surface area is 195 Å². The summed E-state index contributed by atoms with van der Waals surface area (Å²) in [6.45, 7) is 1.09. The van der Waals surface area contributed by atoms with Gasteiger partial charge in [0.15, 0.2) is 11.6 Å². The molecule has 2 aliphatic rings. The molecule has 3 atom stereocenters. The van der Waals surface area contributed by atoms with Gasteiger partial charge in [-0.25, -0.2) is 18.0 Å². The van der Waals surface area contributed by atoms with E-state index in [0.29, 0.717) is 24.8 Å². The molecule has 1 aromatic rings. The highest BCUT2D eigenvalue weighted by Gasteiger charge is 2.36. The van der Waals surface area contributed by atoms with Crippen LogP contribution in [0, 0.1) is 23.4 Å². The Kier molecular flexibility index (Phi) is 8.16. The number of carbonyl (C=O) groups excluding carboxylic acids is 4. The molecule has 34 heavy (non-hydrogen) atoms. The van der Waals surface area contributed by atoms with Crippen LogP contribution in [0.5, 0.6) is 0 Å². The Balaban J connectivity index is 1.64. The minimum atomic E-state index is -1.36. The highest BCUT2D eigenvalue weighted by Crippen LogP contribution is 2.33. The van der Waals surface area contributed by atoms with E-state index in [1.807, 2.05) is 0 Å². The minimum absolute atomic E-state index is 0.111. The largest absolute Gasteiger partial charge is 0.467 e. The lowest BCUT2D eigenvalue weighted by molar-refractivity contribution is -0.144. The van der Waals surface area contributed by atoms with Gasteiger partial charge in [0.2, 0.25) is 17.7 Å². The summed E-state index contributed by atoms with van der Waals surface area (Å²) in [4.78, 5) is 50.6. The topological polar surface area (TPSA) is 105 Å². The molecule has 0 spiro atoms. The van der Waals surface area contributed by atoms with Crippen molar-refractivity contribution in [3.63, 3.8) is 0 Å². The van der Waals surface area contributed by atoms with E-state index >= 15 is 0 Å². The lowest BCUT2D eigenvalue weighted by Gasteiger charge is -2.26. The van der Waals surface area contributed by atoms with Gasteiger partial charge in [-0.15, -0.1) is 0 Å². The highest BCUT2D eigenvalue weighted by atomic mass is 19.2. The average Bonchev–Trinajstić information content (AvgIpc) is 3.54. The Hall–Kier alpha value is -3.11. The van der Waals surface area contributed by atoms with Gasteiger partial charge in [-0.3, -0.25) is 14.4 Å². The third kappa shape index (κ3) is 6.48. The maximum absolute atomic E-state index is 14.1. The molecule has 1 aliphatic carbocycles. The van der Waals surface area contributed by atoms with E-state index in [9.17, 15) is 32.3 Å². The van der Waals surface area contributed by atoms with E-state index < -0.39 is 53.4 Å². The summed E-state index contributed by atoms with van der Waals surface area (Å²) in [7, 11) is 1.20. The second-order valence-corrected chi connectivity index (χ2v) is 8.83. The van der Waals surface area contributed by atoms with Crippen molar-refractivity contribution in [3.8, 4) is 0 Å². The quantitative estimate of drug-likeness (QED) is 0.391. The number of halogens is 3. The fraction of sp³-hybridized carbons (Fsp3) is 0.565. The zero-order valence-electron chi connectivity index (χ0n) is 19.0. The van der Waals surface area contributed by atoms with Crippen molar-refractivity contribution < 1.29 is 37.1 Å². The molecular weight excluding hydrogens is 455 g/mol. The van der Waals surface area contributed by atoms with Crippen LogP contribution in [0.4, 0.5) is 13.2 Å². The smallest absolute Gasteiger partial charge is 0.328 e. The standard InChI is InChI=1S/C23H28F3N3O5/c1-12(23(33)34-2)27-22(32)18(7-13-3-4-13)28-19(30)10-16-5-6-20(31)29(16)11-14-8-15(24)9-17(25)21(14)26/h8-9,12-13,16,18H,3-7,10-11H2,1-2H3,(H,27,32)(H,28,30)/t12-,16-,18-/m0/s1. The van der Waals surface area contributed by atoms with Crippen LogP contribution in [-0.4, -0.2) is 53.8 Å². The molecular formula is C23H28F3N3O5. The van der Waals surface area contributed by atoms with Crippen molar-refractivity contribution in [1.29, 1.82) is 0 Å². The number of esters is 1. The predicted octanol–water partition coefficient (Wildman–Crippen LogP) is 1.95. The second-order valence-electron chi connectivity index (χ2n) is 8.83. The maximum Gasteiger partial charge on any atom is 0.328 e. The summed E-state index contributed by atoms with van der Waals surface area (Å²) in [6, 6.07) is -1.13. The molecule has 11 heteroatoms. The lowest BCUT2D eigenvalue weighted by atomic mass is 10.1. The van der Waals surface area contributed by atoms with E-state index in [-0.39, 0.29) is 30.9 Å². The molecule has 0 unspecified atom stereocenters. The molecule has 1 aromatic carbocycles. The molecule has 186 valence electrons. The fourth-order valence-corrected chi connectivity index (χ4v) is 4.07. The van der Waals surface area contributed by atoms with Crippen molar-refractivity contribution in [1.82, 2.24) is 15.5 Å². The van der Waals surface area contributed by atoms with E-state index in [0.717, 1.165) is 18.9 Å². The molecule has 0 radical (unpaired) electrons. The monoisotopic (exact) mass is 483 g/mol. The predicted molar refractivity (Wildman–Crippen MR) is 113 cm³/mol. The normalized spacial score (nSPS) is 19.5. The fourth-order valence-electron chi connectivity index (χ4n) is 4.07. The molecule has 2 N–H and O–H groups in total. The van der Waals surface area contributed by atoms with Crippen molar-refractivity contribution in [2.45, 2.75) is 70.1 Å². The van der Waals surface area contributed by atoms with Gasteiger partial charge < -0.3 is 20.3 Å². The molecule has 1 saturated heterocycles. The minimum Gasteiger partial charge on any atom is -0.467 e. The molecule has 1 saturated carbocycles. The Morgan fingerprint density at radius 1 is 1.15 bits per heavy atom. The van der Waals surface area contributed by atoms with E-state index in [1.54, 1.807) is 0 Å². The van der Waals surface area contributed by atoms with Gasteiger partial charge in [-0.1, -0.05) is 12.8 Å². The first-order valence-corrected chi connectivity index (χ1v) is 11.2. The summed E-state index contributed by atoms with van der Waals surface area (Å²) in [6.07, 6.45) is 2.54. The molecule has 3 rings (SSSR count). The maximum atomic E-state index is 14.1. The van der Waals surface area contributed by atoms with Gasteiger partial charge in [0.1, 0.15) is 17.9 Å². The first kappa shape index (κ1) is 25.5. The van der Waals surface area contributed by atoms with Gasteiger partial charge >= 0.3 is 5.97 Å². The second kappa shape index (κ2) is 10.9. The van der Waals surface area contributed by atoms with Gasteiger partial charge in [0, 0.05) is 37.1 Å². The third-order valence-electron chi connectivity index (χ3n) is 6.11. The lowest BCUT2D eigenvalue weighted by Crippen LogP contribution is -2.51. The summed E-state index contributed by atoms with van der Waals surface area (Å²) >= 11 is 0. The van der Waals surface area contributed by atoms with E-state index in [4.69, 9.17) is 0 Å². The molecule has 1 aliphatic heterocycles. The van der Waals surface area contributed by atoms with Crippen molar-refractivity contribution >= 4 is 23.7 Å². The number of likely N-dealkylation sites (tertiary alicyclic amines) is 1. The Morgan fingerprint density at radius 3 is 2.50 bits per heavy atom.